The SMILES string of the molecule is CC(C)CC1NNC2C(C(=O)OC(C)C)=CN(C(=O)c3cccc(F)c3)CC(C)(C)C12. The summed E-state index contributed by atoms with van der Waals surface area (Å²) in [7, 11) is 0. The molecule has 2 aliphatic rings. The van der Waals surface area contributed by atoms with E-state index in [0.717, 1.165) is 6.42 Å². The zero-order chi connectivity index (χ0) is 22.9. The van der Waals surface area contributed by atoms with Crippen LogP contribution < -0.4 is 10.9 Å². The normalized spacial score (nSPS) is 25.3. The second-order valence-corrected chi connectivity index (χ2v) is 10.00. The predicted octanol–water partition coefficient (Wildman–Crippen LogP) is 3.65. The zero-order valence-electron chi connectivity index (χ0n) is 19.2. The van der Waals surface area contributed by atoms with E-state index >= 15 is 0 Å². The second kappa shape index (κ2) is 9.09. The van der Waals surface area contributed by atoms with Crippen LogP contribution in [0.3, 0.4) is 0 Å². The number of ether oxygens (including phenoxy) is 1. The van der Waals surface area contributed by atoms with Gasteiger partial charge in [-0.2, -0.15) is 0 Å². The molecule has 0 spiro atoms. The van der Waals surface area contributed by atoms with Crippen LogP contribution >= 0.6 is 0 Å². The number of hydrazine groups is 1. The number of esters is 1. The summed E-state index contributed by atoms with van der Waals surface area (Å²) < 4.78 is 19.3. The number of hydrogen-bond acceptors (Lipinski definition) is 5. The summed E-state index contributed by atoms with van der Waals surface area (Å²) in [6, 6.07) is 5.48. The molecule has 1 amide bonds. The van der Waals surface area contributed by atoms with Crippen molar-refractivity contribution < 1.29 is 18.7 Å². The zero-order valence-corrected chi connectivity index (χ0v) is 19.2. The Morgan fingerprint density at radius 1 is 1.23 bits per heavy atom. The van der Waals surface area contributed by atoms with E-state index < -0.39 is 11.8 Å². The van der Waals surface area contributed by atoms with E-state index in [4.69, 9.17) is 4.74 Å². The summed E-state index contributed by atoms with van der Waals surface area (Å²) in [5.41, 5.74) is 7.03. The van der Waals surface area contributed by atoms with Gasteiger partial charge >= 0.3 is 5.97 Å². The summed E-state index contributed by atoms with van der Waals surface area (Å²) in [6.07, 6.45) is 2.25. The van der Waals surface area contributed by atoms with Crippen molar-refractivity contribution in [3.63, 3.8) is 0 Å². The molecule has 3 atom stereocenters. The third kappa shape index (κ3) is 5.15. The molecule has 3 rings (SSSR count). The Morgan fingerprint density at radius 3 is 2.55 bits per heavy atom. The molecule has 0 aliphatic carbocycles. The molecule has 3 unspecified atom stereocenters. The van der Waals surface area contributed by atoms with Gasteiger partial charge in [-0.3, -0.25) is 10.2 Å². The number of benzene rings is 1. The number of hydrogen-bond donors (Lipinski definition) is 2. The summed E-state index contributed by atoms with van der Waals surface area (Å²) in [4.78, 5) is 27.9. The van der Waals surface area contributed by atoms with Crippen LogP contribution in [0.2, 0.25) is 0 Å². The lowest BCUT2D eigenvalue weighted by atomic mass is 9.69. The third-order valence-corrected chi connectivity index (χ3v) is 5.96. The van der Waals surface area contributed by atoms with Gasteiger partial charge in [-0.1, -0.05) is 33.8 Å². The Morgan fingerprint density at radius 2 is 1.94 bits per heavy atom. The molecular weight excluding hydrogens is 397 g/mol. The summed E-state index contributed by atoms with van der Waals surface area (Å²) in [5, 5.41) is 0. The Balaban J connectivity index is 2.03. The largest absolute Gasteiger partial charge is 0.460 e. The second-order valence-electron chi connectivity index (χ2n) is 10.00. The minimum absolute atomic E-state index is 0.0613. The standard InChI is InChI=1S/C24H34FN3O3/c1-14(2)10-19-20-21(27-26-19)18(23(30)31-15(3)4)12-28(13-24(20,5)6)22(29)16-8-7-9-17(25)11-16/h7-9,11-12,14-15,19-21,26-27H,10,13H2,1-6H3. The molecule has 2 aliphatic heterocycles. The predicted molar refractivity (Wildman–Crippen MR) is 117 cm³/mol. The lowest BCUT2D eigenvalue weighted by Crippen LogP contribution is -2.45. The average molecular weight is 432 g/mol. The number of amides is 1. The molecule has 0 bridgehead atoms. The fraction of sp³-hybridized carbons (Fsp3) is 0.583. The highest BCUT2D eigenvalue weighted by atomic mass is 19.1. The van der Waals surface area contributed by atoms with Gasteiger partial charge in [0.2, 0.25) is 0 Å². The third-order valence-electron chi connectivity index (χ3n) is 5.96. The van der Waals surface area contributed by atoms with Crippen LogP contribution in [0, 0.1) is 23.1 Å². The lowest BCUT2D eigenvalue weighted by Gasteiger charge is -2.38. The van der Waals surface area contributed by atoms with E-state index in [1.807, 2.05) is 0 Å². The molecule has 0 radical (unpaired) electrons. The first-order chi connectivity index (χ1) is 14.5. The smallest absolute Gasteiger partial charge is 0.337 e. The minimum atomic E-state index is -0.469. The maximum atomic E-state index is 13.8. The summed E-state index contributed by atoms with van der Waals surface area (Å²) in [6.45, 7) is 12.6. The first-order valence-corrected chi connectivity index (χ1v) is 11.0. The number of carbonyl (C=O) groups excluding carboxylic acids is 2. The first-order valence-electron chi connectivity index (χ1n) is 11.0. The van der Waals surface area contributed by atoms with E-state index in [2.05, 4.69) is 38.5 Å². The van der Waals surface area contributed by atoms with Crippen molar-refractivity contribution in [2.24, 2.45) is 17.3 Å². The number of fused-ring (bicyclic) bond motifs is 1. The fourth-order valence-electron chi connectivity index (χ4n) is 4.81. The van der Waals surface area contributed by atoms with Crippen molar-refractivity contribution in [1.82, 2.24) is 15.8 Å². The average Bonchev–Trinajstić information content (AvgIpc) is 3.01. The molecule has 170 valence electrons. The lowest BCUT2D eigenvalue weighted by molar-refractivity contribution is -0.143. The molecular formula is C24H34FN3O3. The van der Waals surface area contributed by atoms with E-state index in [1.165, 1.54) is 23.1 Å². The van der Waals surface area contributed by atoms with Gasteiger partial charge < -0.3 is 9.64 Å². The van der Waals surface area contributed by atoms with Crippen molar-refractivity contribution in [3.05, 3.63) is 47.4 Å². The van der Waals surface area contributed by atoms with Gasteiger partial charge in [0.05, 0.1) is 17.7 Å². The summed E-state index contributed by atoms with van der Waals surface area (Å²) >= 11 is 0. The molecule has 2 heterocycles. The molecule has 1 fully saturated rings. The molecule has 0 aromatic heterocycles. The van der Waals surface area contributed by atoms with Gasteiger partial charge in [0.15, 0.2) is 0 Å². The molecule has 2 N–H and O–H groups in total. The van der Waals surface area contributed by atoms with Crippen molar-refractivity contribution >= 4 is 11.9 Å². The maximum absolute atomic E-state index is 13.8. The van der Waals surface area contributed by atoms with Crippen molar-refractivity contribution in [3.8, 4) is 0 Å². The van der Waals surface area contributed by atoms with E-state index in [0.29, 0.717) is 18.0 Å². The molecule has 6 nitrogen and oxygen atoms in total. The summed E-state index contributed by atoms with van der Waals surface area (Å²) in [5.74, 6) is -0.721. The topological polar surface area (TPSA) is 70.7 Å². The van der Waals surface area contributed by atoms with Gasteiger partial charge in [0.25, 0.3) is 5.91 Å². The number of halogens is 1. The van der Waals surface area contributed by atoms with Crippen LogP contribution in [0.1, 0.15) is 58.3 Å². The van der Waals surface area contributed by atoms with Gasteiger partial charge in [-0.25, -0.2) is 14.6 Å². The van der Waals surface area contributed by atoms with E-state index in [1.54, 1.807) is 26.1 Å². The Labute approximate surface area is 184 Å². The van der Waals surface area contributed by atoms with Gasteiger partial charge in [-0.05, 0) is 49.8 Å². The first kappa shape index (κ1) is 23.4. The van der Waals surface area contributed by atoms with Crippen LogP contribution in [0.4, 0.5) is 4.39 Å². The molecule has 31 heavy (non-hydrogen) atoms. The monoisotopic (exact) mass is 431 g/mol. The van der Waals surface area contributed by atoms with Crippen molar-refractivity contribution in [2.75, 3.05) is 6.54 Å². The molecule has 1 aromatic carbocycles. The van der Waals surface area contributed by atoms with Crippen LogP contribution in [-0.2, 0) is 9.53 Å². The van der Waals surface area contributed by atoms with Gasteiger partial charge in [0.1, 0.15) is 5.82 Å². The Hall–Kier alpha value is -2.25. The molecule has 0 saturated carbocycles. The molecule has 1 saturated heterocycles. The van der Waals surface area contributed by atoms with E-state index in [-0.39, 0.29) is 41.0 Å². The van der Waals surface area contributed by atoms with Gasteiger partial charge in [-0.15, -0.1) is 0 Å². The Kier molecular flexibility index (Phi) is 6.86. The number of nitrogens with one attached hydrogen (secondary N) is 2. The minimum Gasteiger partial charge on any atom is -0.460 e. The fourth-order valence-corrected chi connectivity index (χ4v) is 4.81. The van der Waals surface area contributed by atoms with Gasteiger partial charge in [0, 0.05) is 30.3 Å². The van der Waals surface area contributed by atoms with Crippen molar-refractivity contribution in [2.45, 2.75) is 66.2 Å². The number of rotatable bonds is 5. The van der Waals surface area contributed by atoms with Crippen LogP contribution in [0.5, 0.6) is 0 Å². The highest BCUT2D eigenvalue weighted by molar-refractivity contribution is 5.97. The van der Waals surface area contributed by atoms with E-state index in [9.17, 15) is 14.0 Å². The van der Waals surface area contributed by atoms with Crippen LogP contribution in [-0.4, -0.2) is 41.5 Å². The van der Waals surface area contributed by atoms with Crippen LogP contribution in [0.25, 0.3) is 0 Å². The molecule has 7 heteroatoms. The Bertz CT molecular complexity index is 865. The van der Waals surface area contributed by atoms with Crippen LogP contribution in [0.15, 0.2) is 36.0 Å². The molecule has 1 aromatic rings. The number of carbonyl (C=O) groups is 2. The number of nitrogens with zero attached hydrogens (tertiary/aromatic N) is 1. The van der Waals surface area contributed by atoms with Crippen molar-refractivity contribution in [1.29, 1.82) is 0 Å². The highest BCUT2D eigenvalue weighted by Crippen LogP contribution is 2.42. The maximum Gasteiger partial charge on any atom is 0.337 e. The highest BCUT2D eigenvalue weighted by Gasteiger charge is 2.51. The quantitative estimate of drug-likeness (QED) is 0.697.